The number of unbranched alkanes of at least 4 members (excludes halogenated alkanes) is 3. The Kier molecular flexibility index (Phi) is 3.91. The van der Waals surface area contributed by atoms with Crippen LogP contribution >= 0.6 is 0 Å². The van der Waals surface area contributed by atoms with E-state index in [0.717, 1.165) is 29.3 Å². The van der Waals surface area contributed by atoms with Crippen molar-refractivity contribution in [1.82, 2.24) is 10.2 Å². The third-order valence-corrected chi connectivity index (χ3v) is 3.04. The minimum atomic E-state index is -0.0992. The highest BCUT2D eigenvalue weighted by molar-refractivity contribution is 5.83. The molecule has 1 N–H and O–H groups in total. The lowest BCUT2D eigenvalue weighted by atomic mass is 10.1. The molecule has 0 atom stereocenters. The lowest BCUT2D eigenvalue weighted by Gasteiger charge is -2.04. The van der Waals surface area contributed by atoms with E-state index < -0.39 is 0 Å². The Labute approximate surface area is 101 Å². The number of hydrogen-bond acceptors (Lipinski definition) is 2. The third-order valence-electron chi connectivity index (χ3n) is 3.04. The molecule has 0 aliphatic carbocycles. The van der Waals surface area contributed by atoms with Crippen molar-refractivity contribution in [1.29, 1.82) is 0 Å². The molecule has 0 radical (unpaired) electrons. The van der Waals surface area contributed by atoms with Gasteiger partial charge in [0.05, 0.1) is 11.1 Å². The van der Waals surface area contributed by atoms with Gasteiger partial charge in [0.1, 0.15) is 0 Å². The molecule has 0 amide bonds. The number of rotatable bonds is 5. The Bertz CT molecular complexity index is 545. The van der Waals surface area contributed by atoms with Gasteiger partial charge in [-0.3, -0.25) is 4.79 Å². The van der Waals surface area contributed by atoms with Gasteiger partial charge in [-0.15, -0.1) is 0 Å². The average Bonchev–Trinajstić information content (AvgIpc) is 2.37. The summed E-state index contributed by atoms with van der Waals surface area (Å²) >= 11 is 0. The number of aromatic amines is 1. The molecule has 2 rings (SSSR count). The Morgan fingerprint density at radius 1 is 1.12 bits per heavy atom. The van der Waals surface area contributed by atoms with Gasteiger partial charge < -0.3 is 0 Å². The highest BCUT2D eigenvalue weighted by atomic mass is 16.1. The molecule has 0 aliphatic heterocycles. The lowest BCUT2D eigenvalue weighted by Crippen LogP contribution is -2.10. The first-order valence-corrected chi connectivity index (χ1v) is 6.29. The van der Waals surface area contributed by atoms with E-state index >= 15 is 0 Å². The number of aryl methyl sites for hydroxylation is 1. The van der Waals surface area contributed by atoms with Gasteiger partial charge in [-0.05, 0) is 18.9 Å². The first-order chi connectivity index (χ1) is 8.33. The number of fused-ring (bicyclic) bond motifs is 1. The molecule has 1 aromatic carbocycles. The van der Waals surface area contributed by atoms with Crippen molar-refractivity contribution in [2.75, 3.05) is 0 Å². The molecule has 0 fully saturated rings. The summed E-state index contributed by atoms with van der Waals surface area (Å²) in [7, 11) is 0. The van der Waals surface area contributed by atoms with Gasteiger partial charge in [0.15, 0.2) is 0 Å². The molecule has 3 heteroatoms. The average molecular weight is 230 g/mol. The third kappa shape index (κ3) is 2.73. The van der Waals surface area contributed by atoms with Crippen LogP contribution in [0.5, 0.6) is 0 Å². The maximum atomic E-state index is 11.6. The first-order valence-electron chi connectivity index (χ1n) is 6.29. The predicted octanol–water partition coefficient (Wildman–Crippen LogP) is 3.05. The van der Waals surface area contributed by atoms with Crippen molar-refractivity contribution >= 4 is 10.8 Å². The van der Waals surface area contributed by atoms with Gasteiger partial charge >= 0.3 is 0 Å². The van der Waals surface area contributed by atoms with Crippen molar-refractivity contribution in [3.8, 4) is 0 Å². The molecular weight excluding hydrogens is 212 g/mol. The van der Waals surface area contributed by atoms with E-state index in [-0.39, 0.29) is 5.56 Å². The summed E-state index contributed by atoms with van der Waals surface area (Å²) in [6.07, 6.45) is 5.81. The van der Waals surface area contributed by atoms with Crippen molar-refractivity contribution in [2.45, 2.75) is 39.0 Å². The number of H-pyrrole nitrogens is 1. The monoisotopic (exact) mass is 230 g/mol. The molecule has 3 nitrogen and oxygen atoms in total. The number of nitrogens with zero attached hydrogens (tertiary/aromatic N) is 1. The number of aromatic nitrogens is 2. The molecule has 0 aliphatic rings. The van der Waals surface area contributed by atoms with Crippen molar-refractivity contribution in [2.24, 2.45) is 0 Å². The molecule has 90 valence electrons. The van der Waals surface area contributed by atoms with Crippen LogP contribution in [0.3, 0.4) is 0 Å². The second-order valence-corrected chi connectivity index (χ2v) is 4.36. The second-order valence-electron chi connectivity index (χ2n) is 4.36. The quantitative estimate of drug-likeness (QED) is 0.802. The highest BCUT2D eigenvalue weighted by Crippen LogP contribution is 2.15. The van der Waals surface area contributed by atoms with Crippen molar-refractivity contribution in [3.05, 3.63) is 40.3 Å². The van der Waals surface area contributed by atoms with Crippen molar-refractivity contribution in [3.63, 3.8) is 0 Å². The van der Waals surface area contributed by atoms with Crippen LogP contribution in [0.4, 0.5) is 0 Å². The van der Waals surface area contributed by atoms with Crippen LogP contribution < -0.4 is 5.56 Å². The van der Waals surface area contributed by atoms with E-state index in [1.807, 2.05) is 24.3 Å². The summed E-state index contributed by atoms with van der Waals surface area (Å²) in [6, 6.07) is 7.68. The van der Waals surface area contributed by atoms with E-state index in [2.05, 4.69) is 17.1 Å². The largest absolute Gasteiger partial charge is 0.272 e. The van der Waals surface area contributed by atoms with Gasteiger partial charge in [-0.25, -0.2) is 5.10 Å². The summed E-state index contributed by atoms with van der Waals surface area (Å²) < 4.78 is 0. The molecule has 1 aromatic heterocycles. The molecule has 0 spiro atoms. The molecule has 17 heavy (non-hydrogen) atoms. The Hall–Kier alpha value is -1.64. The highest BCUT2D eigenvalue weighted by Gasteiger charge is 2.04. The molecule has 0 saturated heterocycles. The summed E-state index contributed by atoms with van der Waals surface area (Å²) in [5.41, 5.74) is 0.911. The molecule has 0 saturated carbocycles. The zero-order valence-electron chi connectivity index (χ0n) is 10.2. The van der Waals surface area contributed by atoms with Crippen LogP contribution in [0.1, 0.15) is 38.3 Å². The van der Waals surface area contributed by atoms with E-state index in [1.54, 1.807) is 0 Å². The van der Waals surface area contributed by atoms with Gasteiger partial charge in [0.2, 0.25) is 0 Å². The summed E-state index contributed by atoms with van der Waals surface area (Å²) in [5, 5.41) is 8.48. The first kappa shape index (κ1) is 11.8. The SMILES string of the molecule is CCCCCCc1n[nH]c(=O)c2ccccc12. The smallest absolute Gasteiger partial charge is 0.267 e. The Balaban J connectivity index is 2.23. The van der Waals surface area contributed by atoms with E-state index in [0.29, 0.717) is 0 Å². The summed E-state index contributed by atoms with van der Waals surface area (Å²) in [5.74, 6) is 0. The number of nitrogens with one attached hydrogen (secondary N) is 1. The molecule has 2 aromatic rings. The molecular formula is C14H18N2O. The van der Waals surface area contributed by atoms with Crippen molar-refractivity contribution < 1.29 is 0 Å². The Morgan fingerprint density at radius 3 is 2.65 bits per heavy atom. The second kappa shape index (κ2) is 5.62. The summed E-state index contributed by atoms with van der Waals surface area (Å²) in [4.78, 5) is 11.6. The van der Waals surface area contributed by atoms with Gasteiger partial charge in [0, 0.05) is 5.39 Å². The number of hydrogen-bond donors (Lipinski definition) is 1. The van der Waals surface area contributed by atoms with E-state index in [9.17, 15) is 4.79 Å². The lowest BCUT2D eigenvalue weighted by molar-refractivity contribution is 0.658. The molecule has 1 heterocycles. The molecule has 0 bridgehead atoms. The zero-order valence-corrected chi connectivity index (χ0v) is 10.2. The van der Waals surface area contributed by atoms with Crippen LogP contribution in [0.25, 0.3) is 10.8 Å². The zero-order chi connectivity index (χ0) is 12.1. The van der Waals surface area contributed by atoms with Crippen LogP contribution in [-0.4, -0.2) is 10.2 Å². The van der Waals surface area contributed by atoms with Crippen LogP contribution in [-0.2, 0) is 6.42 Å². The van der Waals surface area contributed by atoms with Gasteiger partial charge in [0.25, 0.3) is 5.56 Å². The minimum Gasteiger partial charge on any atom is -0.267 e. The fraction of sp³-hybridized carbons (Fsp3) is 0.429. The topological polar surface area (TPSA) is 45.8 Å². The Morgan fingerprint density at radius 2 is 1.88 bits per heavy atom. The molecule has 0 unspecified atom stereocenters. The predicted molar refractivity (Wildman–Crippen MR) is 70.2 cm³/mol. The van der Waals surface area contributed by atoms with Gasteiger partial charge in [-0.2, -0.15) is 5.10 Å². The van der Waals surface area contributed by atoms with E-state index in [4.69, 9.17) is 0 Å². The minimum absolute atomic E-state index is 0.0992. The fourth-order valence-electron chi connectivity index (χ4n) is 2.08. The summed E-state index contributed by atoms with van der Waals surface area (Å²) in [6.45, 7) is 2.20. The van der Waals surface area contributed by atoms with E-state index in [1.165, 1.54) is 19.3 Å². The maximum Gasteiger partial charge on any atom is 0.272 e. The normalized spacial score (nSPS) is 10.9. The fourth-order valence-corrected chi connectivity index (χ4v) is 2.08. The van der Waals surface area contributed by atoms with Crippen LogP contribution in [0.15, 0.2) is 29.1 Å². The standard InChI is InChI=1S/C14H18N2O/c1-2-3-4-5-10-13-11-8-6-7-9-12(11)14(17)16-15-13/h6-9H,2-5,10H2,1H3,(H,16,17). The van der Waals surface area contributed by atoms with Crippen LogP contribution in [0.2, 0.25) is 0 Å². The maximum absolute atomic E-state index is 11.6. The number of benzene rings is 1. The van der Waals surface area contributed by atoms with Gasteiger partial charge in [-0.1, -0.05) is 44.4 Å². The van der Waals surface area contributed by atoms with Crippen LogP contribution in [0, 0.1) is 0 Å².